The van der Waals surface area contributed by atoms with Gasteiger partial charge in [0.2, 0.25) is 5.91 Å². The Morgan fingerprint density at radius 2 is 2.06 bits per heavy atom. The molecule has 86 valence electrons. The standard InChI is InChI=1S/C12H15ClN2O/c1-9(16)15-7-3-6-14(2)11-5-4-10(13)8-12(11)15/h4-5,8H,3,6-7H2,1-2H3. The molecule has 1 aliphatic heterocycles. The first kappa shape index (κ1) is 11.3. The van der Waals surface area contributed by atoms with Crippen LogP contribution < -0.4 is 9.80 Å². The van der Waals surface area contributed by atoms with Crippen molar-refractivity contribution in [2.45, 2.75) is 13.3 Å². The van der Waals surface area contributed by atoms with Crippen LogP contribution in [0.5, 0.6) is 0 Å². The van der Waals surface area contributed by atoms with Crippen molar-refractivity contribution in [2.24, 2.45) is 0 Å². The van der Waals surface area contributed by atoms with Crippen molar-refractivity contribution in [1.29, 1.82) is 0 Å². The Labute approximate surface area is 101 Å². The molecule has 1 aliphatic rings. The van der Waals surface area contributed by atoms with Crippen LogP contribution in [0.4, 0.5) is 11.4 Å². The van der Waals surface area contributed by atoms with Crippen LogP contribution in [-0.2, 0) is 4.79 Å². The molecule has 0 N–H and O–H groups in total. The maximum Gasteiger partial charge on any atom is 0.223 e. The first-order valence-electron chi connectivity index (χ1n) is 5.38. The van der Waals surface area contributed by atoms with E-state index in [0.29, 0.717) is 5.02 Å². The fourth-order valence-corrected chi connectivity index (χ4v) is 2.24. The summed E-state index contributed by atoms with van der Waals surface area (Å²) in [6.07, 6.45) is 0.975. The van der Waals surface area contributed by atoms with Gasteiger partial charge in [0.25, 0.3) is 0 Å². The summed E-state index contributed by atoms with van der Waals surface area (Å²) >= 11 is 5.99. The number of halogens is 1. The molecule has 16 heavy (non-hydrogen) atoms. The molecule has 0 spiro atoms. The van der Waals surface area contributed by atoms with Gasteiger partial charge in [0.15, 0.2) is 0 Å². The minimum absolute atomic E-state index is 0.0683. The molecule has 0 saturated heterocycles. The second kappa shape index (κ2) is 4.34. The van der Waals surface area contributed by atoms with E-state index >= 15 is 0 Å². The number of amides is 1. The summed E-state index contributed by atoms with van der Waals surface area (Å²) in [4.78, 5) is 15.6. The van der Waals surface area contributed by atoms with E-state index in [9.17, 15) is 4.79 Å². The van der Waals surface area contributed by atoms with Crippen molar-refractivity contribution in [1.82, 2.24) is 0 Å². The van der Waals surface area contributed by atoms with E-state index in [0.717, 1.165) is 30.9 Å². The maximum atomic E-state index is 11.6. The van der Waals surface area contributed by atoms with Crippen LogP contribution >= 0.6 is 11.6 Å². The molecule has 0 saturated carbocycles. The lowest BCUT2D eigenvalue weighted by molar-refractivity contribution is -0.116. The smallest absolute Gasteiger partial charge is 0.223 e. The van der Waals surface area contributed by atoms with Crippen molar-refractivity contribution in [3.05, 3.63) is 23.2 Å². The quantitative estimate of drug-likeness (QED) is 0.694. The predicted molar refractivity (Wildman–Crippen MR) is 67.4 cm³/mol. The molecule has 1 aromatic rings. The summed E-state index contributed by atoms with van der Waals surface area (Å²) in [5.41, 5.74) is 1.98. The largest absolute Gasteiger partial charge is 0.373 e. The van der Waals surface area contributed by atoms with Gasteiger partial charge in [-0.1, -0.05) is 11.6 Å². The summed E-state index contributed by atoms with van der Waals surface area (Å²) in [6.45, 7) is 3.31. The zero-order valence-electron chi connectivity index (χ0n) is 9.53. The lowest BCUT2D eigenvalue weighted by Crippen LogP contribution is -2.28. The summed E-state index contributed by atoms with van der Waals surface area (Å²) in [5.74, 6) is 0.0683. The van der Waals surface area contributed by atoms with E-state index in [1.54, 1.807) is 11.8 Å². The first-order chi connectivity index (χ1) is 7.59. The van der Waals surface area contributed by atoms with Crippen molar-refractivity contribution in [3.8, 4) is 0 Å². The van der Waals surface area contributed by atoms with E-state index in [-0.39, 0.29) is 5.91 Å². The van der Waals surface area contributed by atoms with Gasteiger partial charge in [-0.3, -0.25) is 4.79 Å². The third-order valence-electron chi connectivity index (χ3n) is 2.89. The monoisotopic (exact) mass is 238 g/mol. The third kappa shape index (κ3) is 2.00. The predicted octanol–water partition coefficient (Wildman–Crippen LogP) is 2.53. The fraction of sp³-hybridized carbons (Fsp3) is 0.417. The third-order valence-corrected chi connectivity index (χ3v) is 3.13. The molecule has 2 rings (SSSR count). The number of carbonyl (C=O) groups excluding carboxylic acids is 1. The second-order valence-electron chi connectivity index (χ2n) is 4.08. The van der Waals surface area contributed by atoms with E-state index in [1.807, 2.05) is 25.2 Å². The molecule has 4 heteroatoms. The van der Waals surface area contributed by atoms with Crippen LogP contribution in [0.1, 0.15) is 13.3 Å². The van der Waals surface area contributed by atoms with Gasteiger partial charge in [-0.05, 0) is 24.6 Å². The van der Waals surface area contributed by atoms with Gasteiger partial charge < -0.3 is 9.80 Å². The first-order valence-corrected chi connectivity index (χ1v) is 5.76. The number of benzene rings is 1. The molecule has 0 bridgehead atoms. The normalized spacial score (nSPS) is 15.7. The number of hydrogen-bond acceptors (Lipinski definition) is 2. The van der Waals surface area contributed by atoms with E-state index in [1.165, 1.54) is 0 Å². The van der Waals surface area contributed by atoms with Crippen LogP contribution in [0.25, 0.3) is 0 Å². The average molecular weight is 239 g/mol. The number of carbonyl (C=O) groups is 1. The lowest BCUT2D eigenvalue weighted by atomic mass is 10.2. The summed E-state index contributed by atoms with van der Waals surface area (Å²) in [5, 5.41) is 0.667. The molecule has 0 aliphatic carbocycles. The van der Waals surface area contributed by atoms with Crippen LogP contribution in [0.15, 0.2) is 18.2 Å². The molecule has 3 nitrogen and oxygen atoms in total. The van der Waals surface area contributed by atoms with Gasteiger partial charge in [-0.2, -0.15) is 0 Å². The van der Waals surface area contributed by atoms with Crippen molar-refractivity contribution in [2.75, 3.05) is 29.9 Å². The molecule has 1 heterocycles. The lowest BCUT2D eigenvalue weighted by Gasteiger charge is -2.23. The molecular weight excluding hydrogens is 224 g/mol. The SMILES string of the molecule is CC(=O)N1CCCN(C)c2ccc(Cl)cc21. The highest BCUT2D eigenvalue weighted by Gasteiger charge is 2.21. The Kier molecular flexibility index (Phi) is 3.06. The highest BCUT2D eigenvalue weighted by molar-refractivity contribution is 6.31. The Balaban J connectivity index is 2.52. The zero-order chi connectivity index (χ0) is 11.7. The summed E-state index contributed by atoms with van der Waals surface area (Å²) in [6, 6.07) is 5.69. The highest BCUT2D eigenvalue weighted by Crippen LogP contribution is 2.33. The Morgan fingerprint density at radius 1 is 1.31 bits per heavy atom. The maximum absolute atomic E-state index is 11.6. The van der Waals surface area contributed by atoms with Crippen LogP contribution in [0.2, 0.25) is 5.02 Å². The molecule has 1 amide bonds. The van der Waals surface area contributed by atoms with Crippen molar-refractivity contribution in [3.63, 3.8) is 0 Å². The Bertz CT molecular complexity index is 419. The molecule has 0 fully saturated rings. The number of rotatable bonds is 0. The highest BCUT2D eigenvalue weighted by atomic mass is 35.5. The van der Waals surface area contributed by atoms with Gasteiger partial charge in [-0.15, -0.1) is 0 Å². The minimum Gasteiger partial charge on any atom is -0.373 e. The molecule has 0 radical (unpaired) electrons. The minimum atomic E-state index is 0.0683. The van der Waals surface area contributed by atoms with E-state index in [4.69, 9.17) is 11.6 Å². The van der Waals surface area contributed by atoms with Crippen molar-refractivity contribution < 1.29 is 4.79 Å². The summed E-state index contributed by atoms with van der Waals surface area (Å²) < 4.78 is 0. The second-order valence-corrected chi connectivity index (χ2v) is 4.52. The van der Waals surface area contributed by atoms with Gasteiger partial charge in [0.05, 0.1) is 11.4 Å². The molecular formula is C12H15ClN2O. The Hall–Kier alpha value is -1.22. The number of anilines is 2. The van der Waals surface area contributed by atoms with Crippen LogP contribution in [-0.4, -0.2) is 26.0 Å². The summed E-state index contributed by atoms with van der Waals surface area (Å²) in [7, 11) is 2.04. The van der Waals surface area contributed by atoms with Gasteiger partial charge >= 0.3 is 0 Å². The topological polar surface area (TPSA) is 23.6 Å². The van der Waals surface area contributed by atoms with Gasteiger partial charge in [0, 0.05) is 32.1 Å². The molecule has 1 aromatic carbocycles. The van der Waals surface area contributed by atoms with Crippen LogP contribution in [0.3, 0.4) is 0 Å². The zero-order valence-corrected chi connectivity index (χ0v) is 10.3. The number of hydrogen-bond donors (Lipinski definition) is 0. The Morgan fingerprint density at radius 3 is 2.75 bits per heavy atom. The van der Waals surface area contributed by atoms with E-state index in [2.05, 4.69) is 4.90 Å². The molecule has 0 atom stereocenters. The molecule has 0 aromatic heterocycles. The van der Waals surface area contributed by atoms with Gasteiger partial charge in [-0.25, -0.2) is 0 Å². The average Bonchev–Trinajstić information content (AvgIpc) is 2.38. The number of fused-ring (bicyclic) bond motifs is 1. The van der Waals surface area contributed by atoms with E-state index < -0.39 is 0 Å². The fourth-order valence-electron chi connectivity index (χ4n) is 2.07. The van der Waals surface area contributed by atoms with Gasteiger partial charge in [0.1, 0.15) is 0 Å². The van der Waals surface area contributed by atoms with Crippen LogP contribution in [0, 0.1) is 0 Å². The molecule has 0 unspecified atom stereocenters. The number of nitrogens with zero attached hydrogens (tertiary/aromatic N) is 2. The van der Waals surface area contributed by atoms with Crippen molar-refractivity contribution >= 4 is 28.9 Å².